The van der Waals surface area contributed by atoms with E-state index in [2.05, 4.69) is 5.32 Å². The van der Waals surface area contributed by atoms with Crippen LogP contribution in [-0.4, -0.2) is 47.0 Å². The number of non-ortho nitro benzene ring substituents is 1. The van der Waals surface area contributed by atoms with Crippen LogP contribution in [0.25, 0.3) is 0 Å². The van der Waals surface area contributed by atoms with Crippen molar-refractivity contribution in [2.75, 3.05) is 18.0 Å². The van der Waals surface area contributed by atoms with Crippen LogP contribution in [-0.2, 0) is 14.4 Å². The van der Waals surface area contributed by atoms with Gasteiger partial charge in [-0.2, -0.15) is 0 Å². The summed E-state index contributed by atoms with van der Waals surface area (Å²) in [5.41, 5.74) is 0.0932. The molecule has 23 heavy (non-hydrogen) atoms. The lowest BCUT2D eigenvalue weighted by atomic mass is 10.2. The molecule has 1 heterocycles. The Labute approximate surface area is 129 Å². The Bertz CT molecular complexity index is 688. The lowest BCUT2D eigenvalue weighted by molar-refractivity contribution is -0.384. The molecule has 2 rings (SSSR count). The number of benzene rings is 1. The Morgan fingerprint density at radius 2 is 2.22 bits per heavy atom. The van der Waals surface area contributed by atoms with Gasteiger partial charge in [0.15, 0.2) is 5.75 Å². The molecule has 1 unspecified atom stereocenters. The van der Waals surface area contributed by atoms with Gasteiger partial charge in [-0.3, -0.25) is 19.7 Å². The fourth-order valence-electron chi connectivity index (χ4n) is 2.02. The number of fused-ring (bicyclic) bond motifs is 1. The van der Waals surface area contributed by atoms with Gasteiger partial charge in [-0.1, -0.05) is 0 Å². The van der Waals surface area contributed by atoms with E-state index < -0.39 is 28.8 Å². The second kappa shape index (κ2) is 6.30. The summed E-state index contributed by atoms with van der Waals surface area (Å²) in [6.45, 7) is 0.805. The monoisotopic (exact) mass is 323 g/mol. The third kappa shape index (κ3) is 3.73. The van der Waals surface area contributed by atoms with E-state index in [9.17, 15) is 24.5 Å². The fourth-order valence-corrected chi connectivity index (χ4v) is 2.02. The summed E-state index contributed by atoms with van der Waals surface area (Å²) >= 11 is 0. The molecule has 10 nitrogen and oxygen atoms in total. The average Bonchev–Trinajstić information content (AvgIpc) is 2.45. The van der Waals surface area contributed by atoms with Gasteiger partial charge in [0.05, 0.1) is 23.2 Å². The molecule has 0 aliphatic carbocycles. The SMILES string of the molecule is CC(NC(=O)CN1CC(=O)Oc2cc([N+](=O)[O-])ccc21)C(=O)O. The number of aliphatic carboxylic acids is 1. The molecule has 1 atom stereocenters. The maximum Gasteiger partial charge on any atom is 0.331 e. The molecule has 0 radical (unpaired) electrons. The van der Waals surface area contributed by atoms with Crippen LogP contribution < -0.4 is 15.0 Å². The first-order valence-electron chi connectivity index (χ1n) is 6.54. The molecule has 0 fully saturated rings. The molecule has 1 aromatic carbocycles. The van der Waals surface area contributed by atoms with Crippen molar-refractivity contribution in [1.82, 2.24) is 5.32 Å². The van der Waals surface area contributed by atoms with Gasteiger partial charge < -0.3 is 20.1 Å². The molecule has 0 bridgehead atoms. The van der Waals surface area contributed by atoms with E-state index in [1.165, 1.54) is 24.0 Å². The highest BCUT2D eigenvalue weighted by Crippen LogP contribution is 2.34. The molecule has 10 heteroatoms. The van der Waals surface area contributed by atoms with E-state index in [1.54, 1.807) is 0 Å². The van der Waals surface area contributed by atoms with Crippen molar-refractivity contribution < 1.29 is 29.2 Å². The number of hydrogen-bond donors (Lipinski definition) is 2. The van der Waals surface area contributed by atoms with Crippen molar-refractivity contribution >= 4 is 29.2 Å². The summed E-state index contributed by atoms with van der Waals surface area (Å²) in [6, 6.07) is 2.61. The molecule has 0 spiro atoms. The normalized spacial score (nSPS) is 14.5. The number of nitrogens with one attached hydrogen (secondary N) is 1. The second-order valence-corrected chi connectivity index (χ2v) is 4.87. The summed E-state index contributed by atoms with van der Waals surface area (Å²) in [5, 5.41) is 21.8. The van der Waals surface area contributed by atoms with Crippen LogP contribution in [0.1, 0.15) is 6.92 Å². The largest absolute Gasteiger partial charge is 0.480 e. The lowest BCUT2D eigenvalue weighted by Crippen LogP contribution is -2.47. The number of nitro benzene ring substituents is 1. The molecule has 0 saturated heterocycles. The van der Waals surface area contributed by atoms with Crippen LogP contribution in [0.2, 0.25) is 0 Å². The fraction of sp³-hybridized carbons (Fsp3) is 0.308. The van der Waals surface area contributed by atoms with E-state index in [4.69, 9.17) is 9.84 Å². The number of carboxylic acid groups (broad SMARTS) is 1. The number of rotatable bonds is 5. The molecule has 1 aliphatic rings. The summed E-state index contributed by atoms with van der Waals surface area (Å²) in [5.74, 6) is -2.47. The molecule has 0 aromatic heterocycles. The van der Waals surface area contributed by atoms with E-state index in [1.807, 2.05) is 0 Å². The number of anilines is 1. The summed E-state index contributed by atoms with van der Waals surface area (Å²) in [7, 11) is 0. The highest BCUT2D eigenvalue weighted by Gasteiger charge is 2.28. The van der Waals surface area contributed by atoms with Gasteiger partial charge in [-0.25, -0.2) is 4.79 Å². The first kappa shape index (κ1) is 16.2. The zero-order chi connectivity index (χ0) is 17.1. The standard InChI is InChI=1S/C13H13N3O7/c1-7(13(19)20)14-11(17)5-15-6-12(18)23-10-4-8(16(21)22)2-3-9(10)15/h2-4,7H,5-6H2,1H3,(H,14,17)(H,19,20). The maximum atomic E-state index is 11.8. The zero-order valence-corrected chi connectivity index (χ0v) is 12.0. The zero-order valence-electron chi connectivity index (χ0n) is 12.0. The molecule has 1 amide bonds. The number of ether oxygens (including phenoxy) is 1. The molecule has 122 valence electrons. The lowest BCUT2D eigenvalue weighted by Gasteiger charge is -2.29. The van der Waals surface area contributed by atoms with Crippen LogP contribution in [0.3, 0.4) is 0 Å². The van der Waals surface area contributed by atoms with Gasteiger partial charge in [-0.05, 0) is 13.0 Å². The van der Waals surface area contributed by atoms with Gasteiger partial charge in [-0.15, -0.1) is 0 Å². The number of carbonyl (C=O) groups excluding carboxylic acids is 2. The summed E-state index contributed by atoms with van der Waals surface area (Å²) < 4.78 is 4.94. The predicted molar refractivity (Wildman–Crippen MR) is 76.2 cm³/mol. The molecule has 0 saturated carbocycles. The van der Waals surface area contributed by atoms with E-state index >= 15 is 0 Å². The number of amides is 1. The highest BCUT2D eigenvalue weighted by atomic mass is 16.6. The number of carboxylic acids is 1. The minimum absolute atomic E-state index is 0.0190. The predicted octanol–water partition coefficient (Wildman–Crippen LogP) is -0.0905. The number of nitrogens with zero attached hydrogens (tertiary/aromatic N) is 2. The Morgan fingerprint density at radius 1 is 1.52 bits per heavy atom. The van der Waals surface area contributed by atoms with E-state index in [0.717, 1.165) is 6.07 Å². The quantitative estimate of drug-likeness (QED) is 0.332. The molecule has 1 aliphatic heterocycles. The first-order valence-corrected chi connectivity index (χ1v) is 6.54. The highest BCUT2D eigenvalue weighted by molar-refractivity contribution is 5.91. The minimum atomic E-state index is -1.19. The topological polar surface area (TPSA) is 139 Å². The first-order chi connectivity index (χ1) is 10.8. The Kier molecular flexibility index (Phi) is 4.44. The van der Waals surface area contributed by atoms with Crippen LogP contribution in [0.5, 0.6) is 5.75 Å². The van der Waals surface area contributed by atoms with Crippen molar-refractivity contribution in [2.24, 2.45) is 0 Å². The molecule has 2 N–H and O–H groups in total. The third-order valence-electron chi connectivity index (χ3n) is 3.12. The number of carbonyl (C=O) groups is 3. The Hall–Kier alpha value is -3.17. The molecule has 1 aromatic rings. The second-order valence-electron chi connectivity index (χ2n) is 4.87. The van der Waals surface area contributed by atoms with Crippen molar-refractivity contribution in [3.05, 3.63) is 28.3 Å². The van der Waals surface area contributed by atoms with E-state index in [0.29, 0.717) is 5.69 Å². The Balaban J connectivity index is 2.18. The van der Waals surface area contributed by atoms with Crippen molar-refractivity contribution in [3.63, 3.8) is 0 Å². The van der Waals surface area contributed by atoms with E-state index in [-0.39, 0.29) is 24.5 Å². The smallest absolute Gasteiger partial charge is 0.331 e. The van der Waals surface area contributed by atoms with Crippen molar-refractivity contribution in [3.8, 4) is 5.75 Å². The number of nitro groups is 1. The van der Waals surface area contributed by atoms with Crippen LogP contribution in [0, 0.1) is 10.1 Å². The van der Waals surface area contributed by atoms with Crippen LogP contribution in [0.15, 0.2) is 18.2 Å². The van der Waals surface area contributed by atoms with Gasteiger partial charge in [0, 0.05) is 6.07 Å². The molecular formula is C13H13N3O7. The van der Waals surface area contributed by atoms with Crippen LogP contribution >= 0.6 is 0 Å². The number of hydrogen-bond acceptors (Lipinski definition) is 7. The number of esters is 1. The van der Waals surface area contributed by atoms with Gasteiger partial charge in [0.25, 0.3) is 5.69 Å². The third-order valence-corrected chi connectivity index (χ3v) is 3.12. The molecular weight excluding hydrogens is 310 g/mol. The van der Waals surface area contributed by atoms with Crippen molar-refractivity contribution in [1.29, 1.82) is 0 Å². The summed E-state index contributed by atoms with van der Waals surface area (Å²) in [6.07, 6.45) is 0. The van der Waals surface area contributed by atoms with Crippen LogP contribution in [0.4, 0.5) is 11.4 Å². The summed E-state index contributed by atoms with van der Waals surface area (Å²) in [4.78, 5) is 45.6. The van der Waals surface area contributed by atoms with Gasteiger partial charge in [0.2, 0.25) is 5.91 Å². The average molecular weight is 323 g/mol. The maximum absolute atomic E-state index is 11.8. The van der Waals surface area contributed by atoms with Crippen molar-refractivity contribution in [2.45, 2.75) is 13.0 Å². The van der Waals surface area contributed by atoms with Gasteiger partial charge >= 0.3 is 11.9 Å². The Morgan fingerprint density at radius 3 is 2.83 bits per heavy atom. The minimum Gasteiger partial charge on any atom is -0.480 e. The van der Waals surface area contributed by atoms with Gasteiger partial charge in [0.1, 0.15) is 12.6 Å².